The lowest BCUT2D eigenvalue weighted by atomic mass is 9.98. The second kappa shape index (κ2) is 11.6. The smallest absolute Gasteiger partial charge is 0.224 e. The Kier molecular flexibility index (Phi) is 7.78. The maximum absolute atomic E-state index is 12.7. The fraction of sp³-hybridized carbons (Fsp3) is 0.276. The Labute approximate surface area is 229 Å². The minimum absolute atomic E-state index is 0.160. The zero-order valence-corrected chi connectivity index (χ0v) is 22.3. The standard InChI is InChI=1S/C29H25N5O2S2/c1-30-26-18-8-3-5-12-24(18)37-28(26)32-16-14-22(35)20-10-7-11-21(34-20)23(36)15-17-33-29-27(31-2)19-9-4-6-13-25(19)38-29/h7,10-11,14-17,32-33H,3-6,8-9,12-13H2/b16-14-,17-15-. The first-order valence-corrected chi connectivity index (χ1v) is 14.2. The van der Waals surface area contributed by atoms with Crippen LogP contribution in [0.4, 0.5) is 21.4 Å². The van der Waals surface area contributed by atoms with Crippen LogP contribution in [0.25, 0.3) is 9.69 Å². The number of hydrogen-bond acceptors (Lipinski definition) is 7. The molecule has 0 spiro atoms. The highest BCUT2D eigenvalue weighted by Gasteiger charge is 2.21. The van der Waals surface area contributed by atoms with Crippen LogP contribution >= 0.6 is 22.7 Å². The molecule has 0 fully saturated rings. The molecule has 2 N–H and O–H groups in total. The maximum atomic E-state index is 12.7. The van der Waals surface area contributed by atoms with Crippen molar-refractivity contribution < 1.29 is 9.59 Å². The molecule has 9 heteroatoms. The van der Waals surface area contributed by atoms with Gasteiger partial charge in [0.2, 0.25) is 22.9 Å². The van der Waals surface area contributed by atoms with Crippen LogP contribution in [-0.2, 0) is 25.7 Å². The van der Waals surface area contributed by atoms with Gasteiger partial charge in [-0.3, -0.25) is 9.59 Å². The largest absolute Gasteiger partial charge is 0.362 e. The highest BCUT2D eigenvalue weighted by atomic mass is 32.1. The van der Waals surface area contributed by atoms with Crippen molar-refractivity contribution >= 4 is 55.6 Å². The molecule has 2 aliphatic rings. The second-order valence-electron chi connectivity index (χ2n) is 9.09. The Balaban J connectivity index is 1.23. The van der Waals surface area contributed by atoms with Gasteiger partial charge in [-0.25, -0.2) is 14.7 Å². The molecule has 0 aliphatic heterocycles. The average Bonchev–Trinajstić information content (AvgIpc) is 3.49. The van der Waals surface area contributed by atoms with Crippen molar-refractivity contribution in [2.75, 3.05) is 10.6 Å². The monoisotopic (exact) mass is 539 g/mol. The highest BCUT2D eigenvalue weighted by molar-refractivity contribution is 7.17. The van der Waals surface area contributed by atoms with Crippen LogP contribution in [0.3, 0.4) is 0 Å². The molecule has 5 rings (SSSR count). The third kappa shape index (κ3) is 5.31. The van der Waals surface area contributed by atoms with Gasteiger partial charge in [-0.05, 0) is 71.5 Å². The molecule has 0 saturated heterocycles. The Bertz CT molecular complexity index is 1440. The summed E-state index contributed by atoms with van der Waals surface area (Å²) in [6.45, 7) is 15.1. The number of allylic oxidation sites excluding steroid dienone is 2. The number of ketones is 2. The van der Waals surface area contributed by atoms with Crippen LogP contribution in [0, 0.1) is 13.1 Å². The molecule has 0 atom stereocenters. The molecule has 2 aliphatic carbocycles. The van der Waals surface area contributed by atoms with Gasteiger partial charge in [-0.1, -0.05) is 18.9 Å². The molecule has 0 unspecified atom stereocenters. The predicted octanol–water partition coefficient (Wildman–Crippen LogP) is 7.68. The molecule has 190 valence electrons. The van der Waals surface area contributed by atoms with Crippen LogP contribution in [0.2, 0.25) is 0 Å². The Morgan fingerprint density at radius 3 is 1.66 bits per heavy atom. The number of fused-ring (bicyclic) bond motifs is 2. The quantitative estimate of drug-likeness (QED) is 0.174. The van der Waals surface area contributed by atoms with E-state index in [9.17, 15) is 9.59 Å². The Hall–Kier alpha value is -4.05. The number of nitrogens with zero attached hydrogens (tertiary/aromatic N) is 3. The maximum Gasteiger partial charge on any atom is 0.224 e. The minimum Gasteiger partial charge on any atom is -0.362 e. The minimum atomic E-state index is -0.342. The number of anilines is 2. The van der Waals surface area contributed by atoms with Crippen molar-refractivity contribution in [3.63, 3.8) is 0 Å². The number of pyridine rings is 1. The lowest BCUT2D eigenvalue weighted by Crippen LogP contribution is -2.05. The molecule has 0 bridgehead atoms. The van der Waals surface area contributed by atoms with E-state index in [4.69, 9.17) is 13.1 Å². The van der Waals surface area contributed by atoms with Crippen molar-refractivity contribution in [2.24, 2.45) is 0 Å². The van der Waals surface area contributed by atoms with Gasteiger partial charge < -0.3 is 10.6 Å². The first-order valence-electron chi connectivity index (χ1n) is 12.5. The summed E-state index contributed by atoms with van der Waals surface area (Å²) in [6.07, 6.45) is 14.1. The second-order valence-corrected chi connectivity index (χ2v) is 11.3. The fourth-order valence-corrected chi connectivity index (χ4v) is 7.21. The van der Waals surface area contributed by atoms with Gasteiger partial charge in [0, 0.05) is 24.6 Å². The lowest BCUT2D eigenvalue weighted by Gasteiger charge is -2.09. The number of thiophene rings is 2. The van der Waals surface area contributed by atoms with E-state index in [1.54, 1.807) is 40.9 Å². The van der Waals surface area contributed by atoms with Crippen molar-refractivity contribution in [1.29, 1.82) is 0 Å². The van der Waals surface area contributed by atoms with Gasteiger partial charge in [-0.2, -0.15) is 0 Å². The van der Waals surface area contributed by atoms with Crippen LogP contribution in [-0.4, -0.2) is 16.6 Å². The zero-order valence-electron chi connectivity index (χ0n) is 20.7. The summed E-state index contributed by atoms with van der Waals surface area (Å²) in [5.41, 5.74) is 3.90. The summed E-state index contributed by atoms with van der Waals surface area (Å²) in [4.78, 5) is 39.6. The molecule has 0 aromatic carbocycles. The summed E-state index contributed by atoms with van der Waals surface area (Å²) < 4.78 is 0. The summed E-state index contributed by atoms with van der Waals surface area (Å²) in [6, 6.07) is 4.76. The van der Waals surface area contributed by atoms with Crippen molar-refractivity contribution in [2.45, 2.75) is 51.4 Å². The van der Waals surface area contributed by atoms with Gasteiger partial charge in [0.25, 0.3) is 0 Å². The average molecular weight is 540 g/mol. The van der Waals surface area contributed by atoms with Gasteiger partial charge >= 0.3 is 0 Å². The predicted molar refractivity (Wildman–Crippen MR) is 153 cm³/mol. The van der Waals surface area contributed by atoms with Gasteiger partial charge in [0.05, 0.1) is 23.1 Å². The number of hydrogen-bond donors (Lipinski definition) is 2. The molecule has 0 saturated carbocycles. The van der Waals surface area contributed by atoms with E-state index in [0.717, 1.165) is 72.5 Å². The number of nitrogens with one attached hydrogen (secondary N) is 2. The van der Waals surface area contributed by atoms with Crippen LogP contribution < -0.4 is 10.6 Å². The van der Waals surface area contributed by atoms with Gasteiger partial charge in [-0.15, -0.1) is 22.7 Å². The SMILES string of the molecule is [C-]#[N+]c1c(N/C=C\C(=O)c2cccc(C(=O)/C=C\Nc3sc4c(c3[N+]#[C-])CCCC4)n2)sc2c1CCCC2. The first kappa shape index (κ1) is 25.6. The third-order valence-electron chi connectivity index (χ3n) is 6.66. The molecular formula is C29H25N5O2S2. The van der Waals surface area contributed by atoms with Crippen LogP contribution in [0.5, 0.6) is 0 Å². The fourth-order valence-electron chi connectivity index (χ4n) is 4.80. The molecular weight excluding hydrogens is 514 g/mol. The lowest BCUT2D eigenvalue weighted by molar-refractivity contribution is 0.103. The Morgan fingerprint density at radius 2 is 1.21 bits per heavy atom. The molecule has 7 nitrogen and oxygen atoms in total. The number of aryl methyl sites for hydroxylation is 2. The number of carbonyl (C=O) groups excluding carboxylic acids is 2. The molecule has 3 aromatic rings. The highest BCUT2D eigenvalue weighted by Crippen LogP contribution is 2.45. The molecule has 38 heavy (non-hydrogen) atoms. The van der Waals surface area contributed by atoms with Crippen molar-refractivity contribution in [1.82, 2.24) is 4.98 Å². The van der Waals surface area contributed by atoms with E-state index in [0.29, 0.717) is 11.4 Å². The van der Waals surface area contributed by atoms with Crippen LogP contribution in [0.1, 0.15) is 67.5 Å². The molecule has 3 aromatic heterocycles. The van der Waals surface area contributed by atoms with E-state index in [-0.39, 0.29) is 23.0 Å². The first-order chi connectivity index (χ1) is 18.6. The van der Waals surface area contributed by atoms with Crippen LogP contribution in [0.15, 0.2) is 42.8 Å². The van der Waals surface area contributed by atoms with Gasteiger partial charge in [0.1, 0.15) is 11.4 Å². The number of aromatic nitrogens is 1. The zero-order chi connectivity index (χ0) is 26.5. The third-order valence-corrected chi connectivity index (χ3v) is 9.09. The summed E-state index contributed by atoms with van der Waals surface area (Å²) in [7, 11) is 0. The number of rotatable bonds is 8. The molecule has 0 radical (unpaired) electrons. The molecule has 3 heterocycles. The van der Waals surface area contributed by atoms with E-state index in [2.05, 4.69) is 25.3 Å². The van der Waals surface area contributed by atoms with Crippen molar-refractivity contribution in [3.05, 3.63) is 97.9 Å². The Morgan fingerprint density at radius 1 is 0.763 bits per heavy atom. The normalized spacial score (nSPS) is 14.5. The van der Waals surface area contributed by atoms with Crippen molar-refractivity contribution in [3.8, 4) is 0 Å². The number of carbonyl (C=O) groups is 2. The van der Waals surface area contributed by atoms with E-state index in [1.807, 2.05) is 0 Å². The molecule has 0 amide bonds. The van der Waals surface area contributed by atoms with E-state index < -0.39 is 0 Å². The summed E-state index contributed by atoms with van der Waals surface area (Å²) in [5.74, 6) is -0.684. The van der Waals surface area contributed by atoms with E-state index >= 15 is 0 Å². The summed E-state index contributed by atoms with van der Waals surface area (Å²) >= 11 is 3.16. The van der Waals surface area contributed by atoms with E-state index in [1.165, 1.54) is 34.3 Å². The van der Waals surface area contributed by atoms with Gasteiger partial charge in [0.15, 0.2) is 0 Å². The summed E-state index contributed by atoms with van der Waals surface area (Å²) in [5, 5.41) is 7.72. The topological polar surface area (TPSA) is 79.8 Å².